The Labute approximate surface area is 226 Å². The van der Waals surface area contributed by atoms with Crippen LogP contribution in [0.4, 0.5) is 0 Å². The maximum atomic E-state index is 12.9. The zero-order valence-corrected chi connectivity index (χ0v) is 22.6. The van der Waals surface area contributed by atoms with E-state index in [-0.39, 0.29) is 18.1 Å². The minimum absolute atomic E-state index is 0.0833. The molecule has 2 aliphatic rings. The summed E-state index contributed by atoms with van der Waals surface area (Å²) in [5.41, 5.74) is 3.28. The van der Waals surface area contributed by atoms with E-state index in [0.29, 0.717) is 35.4 Å². The first-order valence-corrected chi connectivity index (χ1v) is 13.6. The average Bonchev–Trinajstić information content (AvgIpc) is 3.47. The molecule has 0 saturated carbocycles. The molecular formula is C28H29ClN4O3S. The molecule has 5 rings (SSSR count). The van der Waals surface area contributed by atoms with Crippen molar-refractivity contribution in [1.29, 1.82) is 0 Å². The van der Waals surface area contributed by atoms with Crippen LogP contribution in [0.2, 0.25) is 5.02 Å². The Bertz CT molecular complexity index is 1340. The Kier molecular flexibility index (Phi) is 7.69. The van der Waals surface area contributed by atoms with E-state index in [4.69, 9.17) is 26.2 Å². The van der Waals surface area contributed by atoms with Gasteiger partial charge in [-0.25, -0.2) is 4.68 Å². The molecule has 0 unspecified atom stereocenters. The number of morpholine rings is 1. The quantitative estimate of drug-likeness (QED) is 0.357. The van der Waals surface area contributed by atoms with Crippen molar-refractivity contribution in [3.63, 3.8) is 0 Å². The van der Waals surface area contributed by atoms with E-state index in [9.17, 15) is 4.79 Å². The van der Waals surface area contributed by atoms with Gasteiger partial charge in [-0.3, -0.25) is 4.79 Å². The lowest BCUT2D eigenvalue weighted by Crippen LogP contribution is -2.47. The Hall–Kier alpha value is -3.07. The normalized spacial score (nSPS) is 21.0. The van der Waals surface area contributed by atoms with Crippen LogP contribution in [-0.4, -0.2) is 57.7 Å². The molecule has 3 aromatic rings. The largest absolute Gasteiger partial charge is 0.492 e. The molecule has 0 N–H and O–H groups in total. The lowest BCUT2D eigenvalue weighted by molar-refractivity contribution is -0.113. The molecule has 1 amide bonds. The molecule has 2 aromatic carbocycles. The molecule has 3 heterocycles. The van der Waals surface area contributed by atoms with E-state index in [1.807, 2.05) is 79.3 Å². The predicted molar refractivity (Wildman–Crippen MR) is 149 cm³/mol. The highest BCUT2D eigenvalue weighted by Crippen LogP contribution is 2.36. The van der Waals surface area contributed by atoms with Crippen LogP contribution in [0.3, 0.4) is 0 Å². The fourth-order valence-corrected chi connectivity index (χ4v) is 5.57. The van der Waals surface area contributed by atoms with Gasteiger partial charge in [-0.05, 0) is 68.4 Å². The van der Waals surface area contributed by atoms with E-state index in [1.54, 1.807) is 0 Å². The van der Waals surface area contributed by atoms with E-state index >= 15 is 0 Å². The number of hydrogen-bond acceptors (Lipinski definition) is 6. The second-order valence-electron chi connectivity index (χ2n) is 9.18. The van der Waals surface area contributed by atoms with Gasteiger partial charge in [0.1, 0.15) is 11.4 Å². The number of amidine groups is 1. The van der Waals surface area contributed by atoms with Gasteiger partial charge in [0, 0.05) is 30.4 Å². The highest BCUT2D eigenvalue weighted by Gasteiger charge is 2.31. The summed E-state index contributed by atoms with van der Waals surface area (Å²) >= 11 is 7.94. The van der Waals surface area contributed by atoms with Crippen LogP contribution in [-0.2, 0) is 9.53 Å². The summed E-state index contributed by atoms with van der Waals surface area (Å²) in [6.45, 7) is 8.14. The van der Waals surface area contributed by atoms with E-state index in [2.05, 4.69) is 16.8 Å². The molecule has 1 fully saturated rings. The highest BCUT2D eigenvalue weighted by molar-refractivity contribution is 8.18. The van der Waals surface area contributed by atoms with E-state index < -0.39 is 0 Å². The van der Waals surface area contributed by atoms with Gasteiger partial charge < -0.3 is 14.4 Å². The van der Waals surface area contributed by atoms with E-state index in [1.165, 1.54) is 11.8 Å². The molecule has 37 heavy (non-hydrogen) atoms. The summed E-state index contributed by atoms with van der Waals surface area (Å²) in [7, 11) is 0. The Morgan fingerprint density at radius 3 is 2.62 bits per heavy atom. The Balaban J connectivity index is 1.49. The molecule has 0 bridgehead atoms. The Morgan fingerprint density at radius 1 is 1.16 bits per heavy atom. The zero-order valence-electron chi connectivity index (χ0n) is 21.1. The maximum absolute atomic E-state index is 12.9. The zero-order chi connectivity index (χ0) is 25.9. The second kappa shape index (κ2) is 11.1. The van der Waals surface area contributed by atoms with Gasteiger partial charge >= 0.3 is 0 Å². The number of aliphatic imine (C=N–C) groups is 1. The number of carbonyl (C=O) groups excluding carboxylic acids is 1. The van der Waals surface area contributed by atoms with Crippen LogP contribution in [0, 0.1) is 0 Å². The standard InChI is InChI=1S/C28H29ClN4O3S/c1-4-12-35-24-11-10-20(13-23(24)29)26-21(17-33(31-26)22-8-6-5-7-9-22)14-25-27(34)30-28(37-25)32-15-18(2)36-19(3)16-32/h5-11,13-14,17-19H,4,12,15-16H2,1-3H3/b25-14-/t18-,19-/m1/s1. The number of halogens is 1. The number of para-hydroxylation sites is 1. The van der Waals surface area contributed by atoms with Crippen LogP contribution in [0.5, 0.6) is 5.75 Å². The molecule has 7 nitrogen and oxygen atoms in total. The van der Waals surface area contributed by atoms with Gasteiger partial charge in [-0.2, -0.15) is 10.1 Å². The number of benzene rings is 2. The van der Waals surface area contributed by atoms with Crippen molar-refractivity contribution >= 4 is 40.5 Å². The SMILES string of the molecule is CCCOc1ccc(-c2nn(-c3ccccc3)cc2/C=C2\SC(N3C[C@@H](C)O[C@H](C)C3)=NC2=O)cc1Cl. The summed E-state index contributed by atoms with van der Waals surface area (Å²) in [4.78, 5) is 20.0. The number of rotatable bonds is 6. The third-order valence-electron chi connectivity index (χ3n) is 6.02. The molecule has 0 aliphatic carbocycles. The number of ether oxygens (including phenoxy) is 2. The second-order valence-corrected chi connectivity index (χ2v) is 10.6. The molecule has 1 aromatic heterocycles. The van der Waals surface area contributed by atoms with Crippen molar-refractivity contribution < 1.29 is 14.3 Å². The van der Waals surface area contributed by atoms with Gasteiger partial charge in [0.15, 0.2) is 5.17 Å². The van der Waals surface area contributed by atoms with Gasteiger partial charge in [0.25, 0.3) is 5.91 Å². The molecule has 2 atom stereocenters. The first-order chi connectivity index (χ1) is 17.9. The average molecular weight is 537 g/mol. The highest BCUT2D eigenvalue weighted by atomic mass is 35.5. The predicted octanol–water partition coefficient (Wildman–Crippen LogP) is 6.06. The maximum Gasteiger partial charge on any atom is 0.286 e. The van der Waals surface area contributed by atoms with Crippen LogP contribution in [0.1, 0.15) is 32.8 Å². The van der Waals surface area contributed by atoms with Gasteiger partial charge in [-0.15, -0.1) is 0 Å². The van der Waals surface area contributed by atoms with Crippen LogP contribution < -0.4 is 4.74 Å². The van der Waals surface area contributed by atoms with Crippen molar-refractivity contribution in [3.8, 4) is 22.7 Å². The molecular weight excluding hydrogens is 508 g/mol. The summed E-state index contributed by atoms with van der Waals surface area (Å²) in [5.74, 6) is 0.398. The topological polar surface area (TPSA) is 68.9 Å². The summed E-state index contributed by atoms with van der Waals surface area (Å²) < 4.78 is 13.4. The van der Waals surface area contributed by atoms with Crippen molar-refractivity contribution in [2.45, 2.75) is 39.4 Å². The number of aromatic nitrogens is 2. The van der Waals surface area contributed by atoms with Crippen LogP contribution >= 0.6 is 23.4 Å². The summed E-state index contributed by atoms with van der Waals surface area (Å²) in [6, 6.07) is 15.5. The monoisotopic (exact) mass is 536 g/mol. The first kappa shape index (κ1) is 25.6. The van der Waals surface area contributed by atoms with Crippen molar-refractivity contribution in [2.24, 2.45) is 4.99 Å². The van der Waals surface area contributed by atoms with Crippen molar-refractivity contribution in [1.82, 2.24) is 14.7 Å². The molecule has 1 saturated heterocycles. The van der Waals surface area contributed by atoms with Crippen LogP contribution in [0.15, 0.2) is 64.6 Å². The Morgan fingerprint density at radius 2 is 1.92 bits per heavy atom. The van der Waals surface area contributed by atoms with Gasteiger partial charge in [0.2, 0.25) is 0 Å². The number of thioether (sulfide) groups is 1. The number of nitrogens with zero attached hydrogens (tertiary/aromatic N) is 4. The van der Waals surface area contributed by atoms with Gasteiger partial charge in [-0.1, -0.05) is 36.7 Å². The molecule has 0 radical (unpaired) electrons. The van der Waals surface area contributed by atoms with Crippen molar-refractivity contribution in [2.75, 3.05) is 19.7 Å². The third-order valence-corrected chi connectivity index (χ3v) is 7.36. The van der Waals surface area contributed by atoms with Gasteiger partial charge in [0.05, 0.1) is 34.4 Å². The number of hydrogen-bond donors (Lipinski definition) is 0. The molecule has 0 spiro atoms. The van der Waals surface area contributed by atoms with Crippen molar-refractivity contribution in [3.05, 3.63) is 70.2 Å². The smallest absolute Gasteiger partial charge is 0.286 e. The number of amides is 1. The fraction of sp³-hybridized carbons (Fsp3) is 0.321. The first-order valence-electron chi connectivity index (χ1n) is 12.4. The lowest BCUT2D eigenvalue weighted by atomic mass is 10.1. The molecule has 192 valence electrons. The minimum Gasteiger partial charge on any atom is -0.492 e. The lowest BCUT2D eigenvalue weighted by Gasteiger charge is -2.35. The third kappa shape index (κ3) is 5.76. The summed E-state index contributed by atoms with van der Waals surface area (Å²) in [6.07, 6.45) is 4.86. The van der Waals surface area contributed by atoms with E-state index in [0.717, 1.165) is 34.1 Å². The summed E-state index contributed by atoms with van der Waals surface area (Å²) in [5, 5.41) is 6.11. The molecule has 9 heteroatoms. The molecule has 2 aliphatic heterocycles. The van der Waals surface area contributed by atoms with Crippen LogP contribution in [0.25, 0.3) is 23.0 Å². The fourth-order valence-electron chi connectivity index (χ4n) is 4.42. The minimum atomic E-state index is -0.244. The number of carbonyl (C=O) groups is 1.